The van der Waals surface area contributed by atoms with Crippen molar-refractivity contribution in [3.05, 3.63) is 95.2 Å². The summed E-state index contributed by atoms with van der Waals surface area (Å²) in [5.41, 5.74) is 4.27. The van der Waals surface area contributed by atoms with Crippen LogP contribution >= 0.6 is 0 Å². The molecule has 0 saturated carbocycles. The quantitative estimate of drug-likeness (QED) is 0.151. The summed E-state index contributed by atoms with van der Waals surface area (Å²) in [5.74, 6) is -0.723. The van der Waals surface area contributed by atoms with Gasteiger partial charge in [-0.25, -0.2) is 14.2 Å². The van der Waals surface area contributed by atoms with Gasteiger partial charge in [0.1, 0.15) is 17.3 Å². The van der Waals surface area contributed by atoms with E-state index in [0.29, 0.717) is 54.3 Å². The molecule has 0 aliphatic carbocycles. The number of esters is 1. The maximum atomic E-state index is 13.7. The molecule has 4 rings (SSSR count). The number of carbonyl (C=O) groups excluding carboxylic acids is 2. The number of imidazole rings is 1. The van der Waals surface area contributed by atoms with Crippen LogP contribution in [0.5, 0.6) is 0 Å². The molecule has 0 aliphatic rings. The number of hydrogen-bond acceptors (Lipinski definition) is 7. The Morgan fingerprint density at radius 3 is 2.40 bits per heavy atom. The van der Waals surface area contributed by atoms with Crippen molar-refractivity contribution in [1.29, 1.82) is 0 Å². The molecular weight excluding hydrogens is 575 g/mol. The average Bonchev–Trinajstić information content (AvgIpc) is 3.43. The number of aliphatic hydroxyl groups is 2. The summed E-state index contributed by atoms with van der Waals surface area (Å²) in [6.07, 6.45) is 1.50. The minimum Gasteiger partial charge on any atom is -0.462 e. The second kappa shape index (κ2) is 15.5. The topological polar surface area (TPSA) is 127 Å². The third-order valence-electron chi connectivity index (χ3n) is 7.52. The molecule has 1 amide bonds. The average molecular weight is 617 g/mol. The molecule has 45 heavy (non-hydrogen) atoms. The molecule has 0 bridgehead atoms. The van der Waals surface area contributed by atoms with E-state index in [0.717, 1.165) is 11.1 Å². The number of pyridine rings is 1. The molecule has 2 heterocycles. The third kappa shape index (κ3) is 8.61. The van der Waals surface area contributed by atoms with Crippen LogP contribution in [0.2, 0.25) is 0 Å². The molecule has 9 nitrogen and oxygen atoms in total. The Labute approximate surface area is 263 Å². The molecule has 10 heteroatoms. The van der Waals surface area contributed by atoms with E-state index >= 15 is 0 Å². The number of rotatable bonds is 14. The molecule has 238 valence electrons. The van der Waals surface area contributed by atoms with Crippen molar-refractivity contribution in [2.45, 2.75) is 78.2 Å². The van der Waals surface area contributed by atoms with Crippen molar-refractivity contribution < 1.29 is 28.9 Å². The van der Waals surface area contributed by atoms with Crippen LogP contribution in [0, 0.1) is 5.82 Å². The molecule has 0 radical (unpaired) electrons. The third-order valence-corrected chi connectivity index (χ3v) is 7.52. The number of nitrogens with one attached hydrogen (secondary N) is 1. The van der Waals surface area contributed by atoms with Crippen LogP contribution < -0.4 is 5.32 Å². The molecule has 0 saturated heterocycles. The molecule has 4 aromatic rings. The molecule has 3 N–H and O–H groups in total. The molecule has 0 fully saturated rings. The number of benzene rings is 2. The fraction of sp³-hybridized carbons (Fsp3) is 0.371. The summed E-state index contributed by atoms with van der Waals surface area (Å²) in [5, 5.41) is 23.5. The monoisotopic (exact) mass is 616 g/mol. The number of carbonyl (C=O) groups is 2. The fourth-order valence-electron chi connectivity index (χ4n) is 5.13. The van der Waals surface area contributed by atoms with Gasteiger partial charge in [0.05, 0.1) is 35.8 Å². The van der Waals surface area contributed by atoms with E-state index in [1.54, 1.807) is 43.5 Å². The van der Waals surface area contributed by atoms with Gasteiger partial charge in [-0.15, -0.1) is 0 Å². The van der Waals surface area contributed by atoms with Crippen molar-refractivity contribution in [2.75, 3.05) is 6.61 Å². The maximum Gasteiger partial charge on any atom is 0.338 e. The second-order valence-electron chi connectivity index (χ2n) is 11.3. The summed E-state index contributed by atoms with van der Waals surface area (Å²) in [7, 11) is 0. The Balaban J connectivity index is 1.55. The Morgan fingerprint density at radius 2 is 1.76 bits per heavy atom. The number of ether oxygens (including phenoxy) is 1. The number of amides is 1. The van der Waals surface area contributed by atoms with Crippen LogP contribution in [-0.4, -0.2) is 55.4 Å². The van der Waals surface area contributed by atoms with Gasteiger partial charge in [-0.05, 0) is 80.1 Å². The van der Waals surface area contributed by atoms with Gasteiger partial charge in [-0.1, -0.05) is 39.0 Å². The molecule has 0 spiro atoms. The van der Waals surface area contributed by atoms with Crippen molar-refractivity contribution >= 4 is 11.9 Å². The first-order valence-corrected chi connectivity index (χ1v) is 15.3. The molecule has 0 aliphatic heterocycles. The highest BCUT2D eigenvalue weighted by Gasteiger charge is 2.26. The fourth-order valence-corrected chi connectivity index (χ4v) is 5.13. The van der Waals surface area contributed by atoms with Gasteiger partial charge in [-0.2, -0.15) is 0 Å². The zero-order chi connectivity index (χ0) is 32.5. The largest absolute Gasteiger partial charge is 0.462 e. The van der Waals surface area contributed by atoms with Crippen LogP contribution in [0.15, 0.2) is 66.9 Å². The van der Waals surface area contributed by atoms with Crippen LogP contribution in [-0.2, 0) is 17.8 Å². The van der Waals surface area contributed by atoms with Crippen molar-refractivity contribution in [3.8, 4) is 22.6 Å². The Morgan fingerprint density at radius 1 is 1.00 bits per heavy atom. The Hall–Kier alpha value is -4.41. The standard InChI is InChI=1S/C35H41FN4O5/c1-5-28(41)19-29(42)16-17-40-32(22(3)4)31(39-33(40)24-11-13-27(36)14-12-24)34(43)38-21-23-10-15-30(37-20-23)25-8-7-9-26(18-25)35(44)45-6-2/h7-15,18,20,22,28-29,41-42H,5-6,16-17,19,21H2,1-4H3,(H,38,43). The van der Waals surface area contributed by atoms with E-state index in [4.69, 9.17) is 9.72 Å². The maximum absolute atomic E-state index is 13.7. The van der Waals surface area contributed by atoms with Crippen molar-refractivity contribution in [1.82, 2.24) is 19.9 Å². The van der Waals surface area contributed by atoms with Gasteiger partial charge in [0.15, 0.2) is 0 Å². The summed E-state index contributed by atoms with van der Waals surface area (Å²) in [6, 6.07) is 16.7. The first-order valence-electron chi connectivity index (χ1n) is 15.3. The minimum atomic E-state index is -0.733. The van der Waals surface area contributed by atoms with E-state index in [1.165, 1.54) is 12.1 Å². The Bertz CT molecular complexity index is 1580. The molecular formula is C35H41FN4O5. The lowest BCUT2D eigenvalue weighted by molar-refractivity contribution is 0.0526. The highest BCUT2D eigenvalue weighted by Crippen LogP contribution is 2.29. The second-order valence-corrected chi connectivity index (χ2v) is 11.3. The zero-order valence-corrected chi connectivity index (χ0v) is 26.2. The SMILES string of the molecule is CCOC(=O)c1cccc(-c2ccc(CNC(=O)c3nc(-c4ccc(F)cc4)n(CCC(O)CC(O)CC)c3C(C)C)cn2)c1. The van der Waals surface area contributed by atoms with Gasteiger partial charge in [0, 0.05) is 30.4 Å². The van der Waals surface area contributed by atoms with Crippen molar-refractivity contribution in [3.63, 3.8) is 0 Å². The normalized spacial score (nSPS) is 12.6. The van der Waals surface area contributed by atoms with Gasteiger partial charge in [0.25, 0.3) is 5.91 Å². The first kappa shape index (κ1) is 33.5. The van der Waals surface area contributed by atoms with Gasteiger partial charge in [-0.3, -0.25) is 9.78 Å². The van der Waals surface area contributed by atoms with Crippen LogP contribution in [0.25, 0.3) is 22.6 Å². The molecule has 2 aromatic heterocycles. The van der Waals surface area contributed by atoms with Gasteiger partial charge < -0.3 is 24.8 Å². The summed E-state index contributed by atoms with van der Waals surface area (Å²) in [4.78, 5) is 34.9. The predicted octanol–water partition coefficient (Wildman–Crippen LogP) is 5.89. The molecule has 2 aromatic carbocycles. The summed E-state index contributed by atoms with van der Waals surface area (Å²) < 4.78 is 20.7. The summed E-state index contributed by atoms with van der Waals surface area (Å²) >= 11 is 0. The van der Waals surface area contributed by atoms with Crippen LogP contribution in [0.3, 0.4) is 0 Å². The van der Waals surface area contributed by atoms with Crippen molar-refractivity contribution in [2.24, 2.45) is 0 Å². The Kier molecular flexibility index (Phi) is 11.6. The lowest BCUT2D eigenvalue weighted by Crippen LogP contribution is -2.25. The van der Waals surface area contributed by atoms with Crippen LogP contribution in [0.1, 0.15) is 85.0 Å². The number of hydrogen-bond donors (Lipinski definition) is 3. The van der Waals surface area contributed by atoms with E-state index in [1.807, 2.05) is 43.5 Å². The van der Waals surface area contributed by atoms with Gasteiger partial charge >= 0.3 is 5.97 Å². The van der Waals surface area contributed by atoms with Crippen LogP contribution in [0.4, 0.5) is 4.39 Å². The summed E-state index contributed by atoms with van der Waals surface area (Å²) in [6.45, 7) is 8.42. The lowest BCUT2D eigenvalue weighted by atomic mass is 10.1. The highest BCUT2D eigenvalue weighted by atomic mass is 19.1. The number of aromatic nitrogens is 3. The van der Waals surface area contributed by atoms with E-state index in [2.05, 4.69) is 10.3 Å². The minimum absolute atomic E-state index is 0.0860. The number of nitrogens with zero attached hydrogens (tertiary/aromatic N) is 3. The number of aliphatic hydroxyl groups excluding tert-OH is 2. The van der Waals surface area contributed by atoms with E-state index in [-0.39, 0.29) is 36.3 Å². The molecule has 2 atom stereocenters. The zero-order valence-electron chi connectivity index (χ0n) is 26.2. The molecule has 2 unspecified atom stereocenters. The van der Waals surface area contributed by atoms with Gasteiger partial charge in [0.2, 0.25) is 0 Å². The van der Waals surface area contributed by atoms with E-state index in [9.17, 15) is 24.2 Å². The smallest absolute Gasteiger partial charge is 0.338 e. The highest BCUT2D eigenvalue weighted by molar-refractivity contribution is 5.94. The lowest BCUT2D eigenvalue weighted by Gasteiger charge is -2.19. The number of halogens is 1. The predicted molar refractivity (Wildman–Crippen MR) is 170 cm³/mol. The first-order chi connectivity index (χ1) is 21.6. The van der Waals surface area contributed by atoms with E-state index < -0.39 is 18.2 Å².